The molecule has 0 heterocycles. The molecule has 9 heteroatoms. The van der Waals surface area contributed by atoms with Gasteiger partial charge in [0.25, 0.3) is 20.2 Å². The molecule has 6 nitrogen and oxygen atoms in total. The quantitative estimate of drug-likeness (QED) is 0.411. The van der Waals surface area contributed by atoms with Gasteiger partial charge in [-0.25, -0.2) is 0 Å². The van der Waals surface area contributed by atoms with Crippen molar-refractivity contribution in [1.29, 1.82) is 0 Å². The van der Waals surface area contributed by atoms with Gasteiger partial charge in [-0.2, -0.15) is 16.8 Å². The maximum atomic E-state index is 9.99. The molecule has 0 aliphatic heterocycles. The fourth-order valence-electron chi connectivity index (χ4n) is 0.154. The molecule has 64 valence electrons. The van der Waals surface area contributed by atoms with Crippen molar-refractivity contribution in [2.45, 2.75) is 11.5 Å². The Labute approximate surface area is 76.7 Å². The molecule has 0 aliphatic rings. The molecule has 0 aromatic heterocycles. The van der Waals surface area contributed by atoms with Crippen LogP contribution in [0.15, 0.2) is 0 Å². The van der Waals surface area contributed by atoms with E-state index in [2.05, 4.69) is 0 Å². The van der Waals surface area contributed by atoms with Crippen LogP contribution < -0.4 is 0 Å². The van der Waals surface area contributed by atoms with Crippen LogP contribution in [0.25, 0.3) is 0 Å². The Kier molecular flexibility index (Phi) is 4.94. The summed E-state index contributed by atoms with van der Waals surface area (Å²) in [7, 11) is -9.40. The molecule has 0 aromatic rings. The second-order valence-corrected chi connectivity index (χ2v) is 5.37. The zero-order valence-corrected chi connectivity index (χ0v) is 6.55. The van der Waals surface area contributed by atoms with E-state index >= 15 is 0 Å². The van der Waals surface area contributed by atoms with Crippen molar-refractivity contribution >= 4 is 39.1 Å². The second kappa shape index (κ2) is 3.89. The third-order valence-corrected chi connectivity index (χ3v) is 3.98. The van der Waals surface area contributed by atoms with Gasteiger partial charge in [-0.3, -0.25) is 9.11 Å². The molecule has 0 bridgehead atoms. The zero-order chi connectivity index (χ0) is 8.58. The Hall–Kier alpha value is 0.417. The number of hydrogen-bond donors (Lipinski definition) is 2. The van der Waals surface area contributed by atoms with Crippen molar-refractivity contribution in [2.75, 3.05) is 0 Å². The van der Waals surface area contributed by atoms with Crippen LogP contribution in [0.4, 0.5) is 0 Å². The molecule has 0 spiro atoms. The summed E-state index contributed by atoms with van der Waals surface area (Å²) < 4.78 is 53.9. The summed E-state index contributed by atoms with van der Waals surface area (Å²) in [5, 5.41) is 0. The van der Waals surface area contributed by atoms with E-state index in [-0.39, 0.29) is 18.9 Å². The van der Waals surface area contributed by atoms with Gasteiger partial charge in [0.05, 0.1) is 0 Å². The molecule has 0 unspecified atom stereocenters. The zero-order valence-electron chi connectivity index (χ0n) is 4.92. The van der Waals surface area contributed by atoms with Crippen molar-refractivity contribution in [1.82, 2.24) is 0 Å². The fraction of sp³-hybridized carbons (Fsp3) is 1.00. The van der Waals surface area contributed by atoms with E-state index in [4.69, 9.17) is 9.11 Å². The van der Waals surface area contributed by atoms with E-state index < -0.39 is 24.8 Å². The number of rotatable bonds is 2. The first-order valence-electron chi connectivity index (χ1n) is 2.08. The van der Waals surface area contributed by atoms with Crippen LogP contribution in [0.5, 0.6) is 0 Å². The molecule has 0 aromatic carbocycles. The first-order valence-corrected chi connectivity index (χ1v) is 5.09. The maximum absolute atomic E-state index is 9.99. The molecular weight excluding hydrogens is 191 g/mol. The summed E-state index contributed by atoms with van der Waals surface area (Å²) in [4.78, 5) is 0. The van der Waals surface area contributed by atoms with Gasteiger partial charge in [0.2, 0.25) is 4.58 Å². The predicted octanol–water partition coefficient (Wildman–Crippen LogP) is -1.54. The van der Waals surface area contributed by atoms with E-state index in [1.807, 2.05) is 0 Å². The topological polar surface area (TPSA) is 109 Å². The third kappa shape index (κ3) is 4.79. The van der Waals surface area contributed by atoms with Gasteiger partial charge < -0.3 is 0 Å². The van der Waals surface area contributed by atoms with Crippen molar-refractivity contribution in [3.63, 3.8) is 0 Å². The van der Waals surface area contributed by atoms with E-state index in [0.29, 0.717) is 6.92 Å². The van der Waals surface area contributed by atoms with Gasteiger partial charge in [-0.05, 0) is 6.92 Å². The normalized spacial score (nSPS) is 12.7. The van der Waals surface area contributed by atoms with Crippen LogP contribution in [0.3, 0.4) is 0 Å². The molecule has 0 saturated heterocycles. The molecule has 0 saturated carbocycles. The van der Waals surface area contributed by atoms with Gasteiger partial charge in [0, 0.05) is 0 Å². The SMILES string of the molecule is CC(S(=O)(=O)O)S(=O)(=O)O.[LiH]. The van der Waals surface area contributed by atoms with Crippen LogP contribution in [0, 0.1) is 0 Å². The molecule has 0 aliphatic carbocycles. The molecule has 2 N–H and O–H groups in total. The van der Waals surface area contributed by atoms with Gasteiger partial charge in [0.1, 0.15) is 0 Å². The third-order valence-electron chi connectivity index (χ3n) is 0.839. The van der Waals surface area contributed by atoms with Gasteiger partial charge in [0.15, 0.2) is 0 Å². The minimum absolute atomic E-state index is 0. The molecule has 0 amide bonds. The Bertz CT molecular complexity index is 267. The minimum atomic E-state index is -4.70. The second-order valence-electron chi connectivity index (χ2n) is 1.60. The van der Waals surface area contributed by atoms with Crippen molar-refractivity contribution in [2.24, 2.45) is 0 Å². The standard InChI is InChI=1S/C2H6O6S2.Li.H/c1-2(9(3,4)5)10(6,7)8;;/h2H,1H3,(H,3,4,5)(H,6,7,8);;. The van der Waals surface area contributed by atoms with E-state index in [1.165, 1.54) is 0 Å². The Morgan fingerprint density at radius 3 is 1.18 bits per heavy atom. The fourth-order valence-corrected chi connectivity index (χ4v) is 1.38. The van der Waals surface area contributed by atoms with E-state index in [9.17, 15) is 16.8 Å². The summed E-state index contributed by atoms with van der Waals surface area (Å²) in [6.45, 7) is 0.657. The first-order chi connectivity index (χ1) is 4.15. The summed E-state index contributed by atoms with van der Waals surface area (Å²) in [6, 6.07) is 0. The van der Waals surface area contributed by atoms with E-state index in [1.54, 1.807) is 0 Å². The average molecular weight is 198 g/mol. The van der Waals surface area contributed by atoms with E-state index in [0.717, 1.165) is 0 Å². The van der Waals surface area contributed by atoms with Crippen molar-refractivity contribution in [3.8, 4) is 0 Å². The van der Waals surface area contributed by atoms with Crippen LogP contribution in [0.2, 0.25) is 0 Å². The van der Waals surface area contributed by atoms with Crippen molar-refractivity contribution in [3.05, 3.63) is 0 Å². The van der Waals surface area contributed by atoms with Crippen LogP contribution in [-0.2, 0) is 20.2 Å². The van der Waals surface area contributed by atoms with Gasteiger partial charge >= 0.3 is 18.9 Å². The van der Waals surface area contributed by atoms with Crippen molar-refractivity contribution < 1.29 is 25.9 Å². The molecule has 0 radical (unpaired) electrons. The van der Waals surface area contributed by atoms with Crippen LogP contribution in [0.1, 0.15) is 6.92 Å². The van der Waals surface area contributed by atoms with Gasteiger partial charge in [-0.15, -0.1) is 0 Å². The number of hydrogen-bond acceptors (Lipinski definition) is 4. The average Bonchev–Trinajstić information content (AvgIpc) is 1.59. The molecule has 0 rings (SSSR count). The monoisotopic (exact) mass is 198 g/mol. The predicted molar refractivity (Wildman–Crippen MR) is 39.7 cm³/mol. The molecular formula is C2H7LiO6S2. The molecule has 0 fully saturated rings. The Morgan fingerprint density at radius 1 is 1.00 bits per heavy atom. The summed E-state index contributed by atoms with van der Waals surface area (Å²) in [5.74, 6) is 0. The van der Waals surface area contributed by atoms with Crippen LogP contribution in [-0.4, -0.2) is 49.4 Å². The van der Waals surface area contributed by atoms with Gasteiger partial charge in [-0.1, -0.05) is 0 Å². The molecule has 11 heavy (non-hydrogen) atoms. The Morgan fingerprint density at radius 2 is 1.18 bits per heavy atom. The molecule has 0 atom stereocenters. The summed E-state index contributed by atoms with van der Waals surface area (Å²) >= 11 is 0. The Balaban J connectivity index is 0. The summed E-state index contributed by atoms with van der Waals surface area (Å²) in [5.41, 5.74) is 0. The van der Waals surface area contributed by atoms with Crippen LogP contribution >= 0.6 is 0 Å². The summed E-state index contributed by atoms with van der Waals surface area (Å²) in [6.07, 6.45) is 0. The first kappa shape index (κ1) is 14.0.